The summed E-state index contributed by atoms with van der Waals surface area (Å²) in [5, 5.41) is 3.58. The van der Waals surface area contributed by atoms with E-state index in [0.717, 1.165) is 19.1 Å². The van der Waals surface area contributed by atoms with Crippen LogP contribution in [-0.4, -0.2) is 19.1 Å². The smallest absolute Gasteiger partial charge is 0.0414 e. The zero-order valence-electron chi connectivity index (χ0n) is 13.5. The summed E-state index contributed by atoms with van der Waals surface area (Å²) in [5.74, 6) is 1.42. The third-order valence-electron chi connectivity index (χ3n) is 3.72. The molecule has 112 valence electrons. The molecule has 1 saturated carbocycles. The number of hydrogen-bond donors (Lipinski definition) is 1. The van der Waals surface area contributed by atoms with Crippen LogP contribution in [0.4, 0.5) is 5.69 Å². The third kappa shape index (κ3) is 4.52. The van der Waals surface area contributed by atoms with E-state index in [1.807, 2.05) is 0 Å². The fourth-order valence-corrected chi connectivity index (χ4v) is 2.66. The molecular formula is C18H30N2. The van der Waals surface area contributed by atoms with Crippen LogP contribution in [-0.2, 0) is 6.54 Å². The van der Waals surface area contributed by atoms with E-state index < -0.39 is 0 Å². The number of nitrogens with one attached hydrogen (secondary N) is 1. The summed E-state index contributed by atoms with van der Waals surface area (Å²) in [7, 11) is 0. The van der Waals surface area contributed by atoms with Crippen LogP contribution in [0.5, 0.6) is 0 Å². The molecule has 2 nitrogen and oxygen atoms in total. The minimum atomic E-state index is 0.706. The maximum absolute atomic E-state index is 3.58. The molecule has 1 aromatic rings. The summed E-state index contributed by atoms with van der Waals surface area (Å²) in [6.45, 7) is 12.4. The van der Waals surface area contributed by atoms with Crippen molar-refractivity contribution in [2.45, 2.75) is 53.1 Å². The van der Waals surface area contributed by atoms with E-state index in [-0.39, 0.29) is 0 Å². The van der Waals surface area contributed by atoms with E-state index in [1.165, 1.54) is 30.6 Å². The van der Waals surface area contributed by atoms with Gasteiger partial charge in [0.2, 0.25) is 0 Å². The van der Waals surface area contributed by atoms with Gasteiger partial charge >= 0.3 is 0 Å². The van der Waals surface area contributed by atoms with E-state index in [2.05, 4.69) is 62.2 Å². The third-order valence-corrected chi connectivity index (χ3v) is 3.72. The molecule has 0 amide bonds. The van der Waals surface area contributed by atoms with Crippen LogP contribution < -0.4 is 10.2 Å². The van der Waals surface area contributed by atoms with Crippen LogP contribution in [0.25, 0.3) is 0 Å². The molecule has 2 heteroatoms. The molecule has 0 spiro atoms. The Kier molecular flexibility index (Phi) is 5.47. The zero-order chi connectivity index (χ0) is 14.5. The highest BCUT2D eigenvalue weighted by Crippen LogP contribution is 2.34. The van der Waals surface area contributed by atoms with Crippen molar-refractivity contribution in [1.82, 2.24) is 5.32 Å². The van der Waals surface area contributed by atoms with Crippen molar-refractivity contribution >= 4 is 5.69 Å². The quantitative estimate of drug-likeness (QED) is 0.769. The molecule has 1 aliphatic rings. The van der Waals surface area contributed by atoms with Gasteiger partial charge in [0.05, 0.1) is 0 Å². The van der Waals surface area contributed by atoms with E-state index in [9.17, 15) is 0 Å². The number of para-hydroxylation sites is 1. The molecule has 0 heterocycles. The molecule has 0 atom stereocenters. The first kappa shape index (κ1) is 15.4. The Balaban J connectivity index is 2.08. The van der Waals surface area contributed by atoms with Crippen molar-refractivity contribution in [2.75, 3.05) is 18.0 Å². The number of anilines is 1. The van der Waals surface area contributed by atoms with Crippen LogP contribution in [0.15, 0.2) is 24.3 Å². The minimum absolute atomic E-state index is 0.706. The molecule has 0 unspecified atom stereocenters. The monoisotopic (exact) mass is 274 g/mol. The second-order valence-electron chi connectivity index (χ2n) is 6.93. The summed E-state index contributed by atoms with van der Waals surface area (Å²) >= 11 is 0. The van der Waals surface area contributed by atoms with E-state index in [1.54, 1.807) is 0 Å². The Morgan fingerprint density at radius 1 is 1.10 bits per heavy atom. The van der Waals surface area contributed by atoms with Gasteiger partial charge in [0, 0.05) is 24.8 Å². The van der Waals surface area contributed by atoms with Crippen molar-refractivity contribution in [3.63, 3.8) is 0 Å². The average Bonchev–Trinajstić information content (AvgIpc) is 3.20. The fourth-order valence-electron chi connectivity index (χ4n) is 2.66. The van der Waals surface area contributed by atoms with Crippen molar-refractivity contribution in [1.29, 1.82) is 0 Å². The van der Waals surface area contributed by atoms with E-state index >= 15 is 0 Å². The first-order chi connectivity index (χ1) is 9.58. The van der Waals surface area contributed by atoms with Gasteiger partial charge in [0.1, 0.15) is 0 Å². The number of hydrogen-bond acceptors (Lipinski definition) is 2. The van der Waals surface area contributed by atoms with Crippen LogP contribution in [0, 0.1) is 11.8 Å². The fraction of sp³-hybridized carbons (Fsp3) is 0.667. The Hall–Kier alpha value is -1.02. The second-order valence-corrected chi connectivity index (χ2v) is 6.93. The maximum atomic E-state index is 3.58. The van der Waals surface area contributed by atoms with Crippen molar-refractivity contribution in [3.05, 3.63) is 29.8 Å². The highest BCUT2D eigenvalue weighted by molar-refractivity contribution is 5.55. The molecule has 1 aliphatic carbocycles. The van der Waals surface area contributed by atoms with Gasteiger partial charge in [0.15, 0.2) is 0 Å². The van der Waals surface area contributed by atoms with Crippen molar-refractivity contribution in [2.24, 2.45) is 11.8 Å². The molecule has 0 bridgehead atoms. The van der Waals surface area contributed by atoms with E-state index in [4.69, 9.17) is 0 Å². The first-order valence-electron chi connectivity index (χ1n) is 8.13. The molecule has 0 aromatic heterocycles. The van der Waals surface area contributed by atoms with Gasteiger partial charge in [-0.2, -0.15) is 0 Å². The molecule has 20 heavy (non-hydrogen) atoms. The van der Waals surface area contributed by atoms with Crippen molar-refractivity contribution < 1.29 is 0 Å². The number of rotatable bonds is 8. The highest BCUT2D eigenvalue weighted by Gasteiger charge is 2.30. The minimum Gasteiger partial charge on any atom is -0.368 e. The normalized spacial score (nSPS) is 15.1. The van der Waals surface area contributed by atoms with Gasteiger partial charge in [-0.25, -0.2) is 0 Å². The Morgan fingerprint density at radius 3 is 2.40 bits per heavy atom. The molecule has 1 aromatic carbocycles. The SMILES string of the molecule is CC(C)CNCc1ccccc1N(CC(C)C)C1CC1. The number of benzene rings is 1. The Morgan fingerprint density at radius 2 is 1.80 bits per heavy atom. The lowest BCUT2D eigenvalue weighted by Crippen LogP contribution is -2.31. The summed E-state index contributed by atoms with van der Waals surface area (Å²) in [4.78, 5) is 2.64. The summed E-state index contributed by atoms with van der Waals surface area (Å²) in [5.41, 5.74) is 2.89. The average molecular weight is 274 g/mol. The largest absolute Gasteiger partial charge is 0.368 e. The van der Waals surface area contributed by atoms with Crippen LogP contribution >= 0.6 is 0 Å². The van der Waals surface area contributed by atoms with Gasteiger partial charge in [-0.15, -0.1) is 0 Å². The van der Waals surface area contributed by atoms with Gasteiger partial charge < -0.3 is 10.2 Å². The maximum Gasteiger partial charge on any atom is 0.0414 e. The molecule has 0 aliphatic heterocycles. The molecule has 1 N–H and O–H groups in total. The lowest BCUT2D eigenvalue weighted by atomic mass is 10.1. The van der Waals surface area contributed by atoms with Crippen LogP contribution in [0.1, 0.15) is 46.1 Å². The van der Waals surface area contributed by atoms with Gasteiger partial charge in [-0.3, -0.25) is 0 Å². The lowest BCUT2D eigenvalue weighted by Gasteiger charge is -2.29. The molecule has 0 saturated heterocycles. The summed E-state index contributed by atoms with van der Waals surface area (Å²) in [6, 6.07) is 9.70. The Labute approximate surface area is 124 Å². The summed E-state index contributed by atoms with van der Waals surface area (Å²) < 4.78 is 0. The lowest BCUT2D eigenvalue weighted by molar-refractivity contribution is 0.550. The van der Waals surface area contributed by atoms with Crippen LogP contribution in [0.3, 0.4) is 0 Å². The Bertz CT molecular complexity index is 408. The summed E-state index contributed by atoms with van der Waals surface area (Å²) in [6.07, 6.45) is 2.72. The zero-order valence-corrected chi connectivity index (χ0v) is 13.5. The van der Waals surface area contributed by atoms with E-state index in [0.29, 0.717) is 11.8 Å². The van der Waals surface area contributed by atoms with Gasteiger partial charge in [-0.05, 0) is 42.9 Å². The first-order valence-corrected chi connectivity index (χ1v) is 8.13. The molecule has 2 rings (SSSR count). The molecular weight excluding hydrogens is 244 g/mol. The topological polar surface area (TPSA) is 15.3 Å². The standard InChI is InChI=1S/C18H30N2/c1-14(2)11-19-12-16-7-5-6-8-18(16)20(13-15(3)4)17-9-10-17/h5-8,14-15,17,19H,9-13H2,1-4H3. The molecule has 1 fully saturated rings. The molecule has 0 radical (unpaired) electrons. The van der Waals surface area contributed by atoms with Gasteiger partial charge in [-0.1, -0.05) is 45.9 Å². The number of nitrogens with zero attached hydrogens (tertiary/aromatic N) is 1. The second kappa shape index (κ2) is 7.12. The van der Waals surface area contributed by atoms with Crippen molar-refractivity contribution in [3.8, 4) is 0 Å². The predicted molar refractivity (Wildman–Crippen MR) is 88.2 cm³/mol. The highest BCUT2D eigenvalue weighted by atomic mass is 15.2. The predicted octanol–water partition coefficient (Wildman–Crippen LogP) is 4.06. The van der Waals surface area contributed by atoms with Gasteiger partial charge in [0.25, 0.3) is 0 Å². The van der Waals surface area contributed by atoms with Crippen LogP contribution in [0.2, 0.25) is 0 Å².